The average Bonchev–Trinajstić information content (AvgIpc) is 2.38. The molecule has 6 heteroatoms. The summed E-state index contributed by atoms with van der Waals surface area (Å²) in [6, 6.07) is 6.02. The van der Waals surface area contributed by atoms with Gasteiger partial charge in [-0.05, 0) is 29.3 Å². The minimum Gasteiger partial charge on any atom is -0.391 e. The van der Waals surface area contributed by atoms with Crippen LogP contribution in [-0.4, -0.2) is 10.1 Å². The van der Waals surface area contributed by atoms with Gasteiger partial charge >= 0.3 is 6.18 Å². The molecule has 0 bridgehead atoms. The molecule has 0 aliphatic rings. The first-order valence-corrected chi connectivity index (χ1v) is 5.42. The third-order valence-electron chi connectivity index (χ3n) is 2.70. The highest BCUT2D eigenvalue weighted by Gasteiger charge is 2.29. The van der Waals surface area contributed by atoms with E-state index < -0.39 is 23.9 Å². The first-order chi connectivity index (χ1) is 8.91. The van der Waals surface area contributed by atoms with Crippen LogP contribution in [-0.2, 0) is 12.8 Å². The van der Waals surface area contributed by atoms with Crippen LogP contribution < -0.4 is 5.56 Å². The highest BCUT2D eigenvalue weighted by Crippen LogP contribution is 2.30. The summed E-state index contributed by atoms with van der Waals surface area (Å²) < 4.78 is 37.2. The van der Waals surface area contributed by atoms with Gasteiger partial charge in [-0.2, -0.15) is 13.2 Å². The van der Waals surface area contributed by atoms with Crippen molar-refractivity contribution in [2.24, 2.45) is 0 Å². The largest absolute Gasteiger partial charge is 0.416 e. The van der Waals surface area contributed by atoms with Crippen molar-refractivity contribution in [3.63, 3.8) is 0 Å². The third kappa shape index (κ3) is 2.85. The second-order valence-electron chi connectivity index (χ2n) is 3.98. The quantitative estimate of drug-likeness (QED) is 0.880. The van der Waals surface area contributed by atoms with Gasteiger partial charge in [0.2, 0.25) is 0 Å². The number of H-pyrrole nitrogens is 1. The molecule has 0 saturated carbocycles. The van der Waals surface area contributed by atoms with Crippen LogP contribution in [0.15, 0.2) is 41.3 Å². The fourth-order valence-corrected chi connectivity index (χ4v) is 1.67. The van der Waals surface area contributed by atoms with Crippen molar-refractivity contribution >= 4 is 0 Å². The van der Waals surface area contributed by atoms with Crippen LogP contribution in [0, 0.1) is 0 Å². The second-order valence-corrected chi connectivity index (χ2v) is 3.98. The Balaban J connectivity index is 2.40. The maximum atomic E-state index is 12.4. The van der Waals surface area contributed by atoms with Crippen LogP contribution in [0.4, 0.5) is 13.2 Å². The molecule has 0 saturated heterocycles. The van der Waals surface area contributed by atoms with Crippen molar-refractivity contribution in [3.8, 4) is 11.1 Å². The minimum atomic E-state index is -4.38. The SMILES string of the molecule is O=c1[nH]cc(-c2ccc(C(F)(F)F)cc2)cc1CO. The number of aliphatic hydroxyl groups excluding tert-OH is 1. The van der Waals surface area contributed by atoms with Crippen LogP contribution in [0.25, 0.3) is 11.1 Å². The van der Waals surface area contributed by atoms with E-state index in [1.807, 2.05) is 0 Å². The van der Waals surface area contributed by atoms with E-state index in [9.17, 15) is 18.0 Å². The normalized spacial score (nSPS) is 11.6. The zero-order valence-electron chi connectivity index (χ0n) is 9.66. The van der Waals surface area contributed by atoms with Crippen LogP contribution in [0.3, 0.4) is 0 Å². The zero-order valence-corrected chi connectivity index (χ0v) is 9.66. The van der Waals surface area contributed by atoms with Gasteiger partial charge in [0.1, 0.15) is 0 Å². The molecule has 0 unspecified atom stereocenters. The highest BCUT2D eigenvalue weighted by molar-refractivity contribution is 5.63. The fourth-order valence-electron chi connectivity index (χ4n) is 1.67. The number of aromatic amines is 1. The van der Waals surface area contributed by atoms with E-state index in [4.69, 9.17) is 5.11 Å². The number of aromatic nitrogens is 1. The van der Waals surface area contributed by atoms with E-state index >= 15 is 0 Å². The van der Waals surface area contributed by atoms with Gasteiger partial charge < -0.3 is 10.1 Å². The van der Waals surface area contributed by atoms with Crippen LogP contribution in [0.5, 0.6) is 0 Å². The van der Waals surface area contributed by atoms with Crippen LogP contribution in [0.2, 0.25) is 0 Å². The number of nitrogens with one attached hydrogen (secondary N) is 1. The van der Waals surface area contributed by atoms with Crippen molar-refractivity contribution in [1.82, 2.24) is 4.98 Å². The summed E-state index contributed by atoms with van der Waals surface area (Å²) in [5.74, 6) is 0. The Morgan fingerprint density at radius 2 is 1.74 bits per heavy atom. The van der Waals surface area contributed by atoms with Gasteiger partial charge in [0.15, 0.2) is 0 Å². The number of pyridine rings is 1. The zero-order chi connectivity index (χ0) is 14.0. The number of hydrogen-bond donors (Lipinski definition) is 2. The molecule has 2 rings (SSSR count). The predicted octanol–water partition coefficient (Wildman–Crippen LogP) is 2.55. The van der Waals surface area contributed by atoms with Gasteiger partial charge in [-0.15, -0.1) is 0 Å². The van der Waals surface area contributed by atoms with Gasteiger partial charge in [0.05, 0.1) is 12.2 Å². The Morgan fingerprint density at radius 3 is 2.26 bits per heavy atom. The number of benzene rings is 1. The Kier molecular flexibility index (Phi) is 3.44. The lowest BCUT2D eigenvalue weighted by Gasteiger charge is -2.08. The van der Waals surface area contributed by atoms with Crippen molar-refractivity contribution in [2.75, 3.05) is 0 Å². The molecule has 2 aromatic rings. The maximum absolute atomic E-state index is 12.4. The van der Waals surface area contributed by atoms with Gasteiger partial charge in [0.25, 0.3) is 5.56 Å². The number of rotatable bonds is 2. The smallest absolute Gasteiger partial charge is 0.391 e. The summed E-state index contributed by atoms with van der Waals surface area (Å²) in [5.41, 5.74) is 0.0786. The molecule has 19 heavy (non-hydrogen) atoms. The topological polar surface area (TPSA) is 53.1 Å². The van der Waals surface area contributed by atoms with Gasteiger partial charge in [0, 0.05) is 11.8 Å². The van der Waals surface area contributed by atoms with Crippen molar-refractivity contribution < 1.29 is 18.3 Å². The highest BCUT2D eigenvalue weighted by atomic mass is 19.4. The number of halogens is 3. The molecule has 0 amide bonds. The van der Waals surface area contributed by atoms with Crippen LogP contribution in [0.1, 0.15) is 11.1 Å². The maximum Gasteiger partial charge on any atom is 0.416 e. The summed E-state index contributed by atoms with van der Waals surface area (Å²) in [6.45, 7) is -0.427. The Hall–Kier alpha value is -2.08. The van der Waals surface area contributed by atoms with Crippen molar-refractivity contribution in [1.29, 1.82) is 0 Å². The molecule has 100 valence electrons. The molecule has 3 nitrogen and oxygen atoms in total. The lowest BCUT2D eigenvalue weighted by atomic mass is 10.0. The lowest BCUT2D eigenvalue weighted by molar-refractivity contribution is -0.137. The van der Waals surface area contributed by atoms with E-state index in [0.29, 0.717) is 11.1 Å². The molecule has 1 heterocycles. The molecule has 0 aliphatic heterocycles. The molecule has 1 aromatic heterocycles. The standard InChI is InChI=1S/C13H10F3NO2/c14-13(15,16)11-3-1-8(2-4-11)9-5-10(7-18)12(19)17-6-9/h1-6,18H,7H2,(H,17,19). The summed E-state index contributed by atoms with van der Waals surface area (Å²) in [6.07, 6.45) is -2.98. The van der Waals surface area contributed by atoms with Crippen LogP contribution >= 0.6 is 0 Å². The number of aliphatic hydroxyl groups is 1. The molecular weight excluding hydrogens is 259 g/mol. The Labute approximate surface area is 106 Å². The molecule has 0 fully saturated rings. The first kappa shape index (κ1) is 13.4. The predicted molar refractivity (Wildman–Crippen MR) is 63.4 cm³/mol. The van der Waals surface area contributed by atoms with Gasteiger partial charge in [-0.25, -0.2) is 0 Å². The minimum absolute atomic E-state index is 0.164. The van der Waals surface area contributed by atoms with E-state index in [-0.39, 0.29) is 5.56 Å². The second kappa shape index (κ2) is 4.89. The lowest BCUT2D eigenvalue weighted by Crippen LogP contribution is -2.11. The van der Waals surface area contributed by atoms with Gasteiger partial charge in [-0.3, -0.25) is 4.79 Å². The van der Waals surface area contributed by atoms with Gasteiger partial charge in [-0.1, -0.05) is 12.1 Å². The summed E-state index contributed by atoms with van der Waals surface area (Å²) in [5, 5.41) is 8.97. The van der Waals surface area contributed by atoms with E-state index in [0.717, 1.165) is 12.1 Å². The van der Waals surface area contributed by atoms with Crippen molar-refractivity contribution in [3.05, 3.63) is 58.0 Å². The monoisotopic (exact) mass is 269 g/mol. The fraction of sp³-hybridized carbons (Fsp3) is 0.154. The molecular formula is C13H10F3NO2. The molecule has 1 aromatic carbocycles. The summed E-state index contributed by atoms with van der Waals surface area (Å²) in [7, 11) is 0. The van der Waals surface area contributed by atoms with E-state index in [2.05, 4.69) is 4.98 Å². The summed E-state index contributed by atoms with van der Waals surface area (Å²) in [4.78, 5) is 13.7. The van der Waals surface area contributed by atoms with E-state index in [1.54, 1.807) is 0 Å². The molecule has 0 atom stereocenters. The first-order valence-electron chi connectivity index (χ1n) is 5.42. The third-order valence-corrected chi connectivity index (χ3v) is 2.70. The Bertz CT molecular complexity index is 630. The average molecular weight is 269 g/mol. The number of hydrogen-bond acceptors (Lipinski definition) is 2. The molecule has 2 N–H and O–H groups in total. The summed E-state index contributed by atoms with van der Waals surface area (Å²) >= 11 is 0. The molecule has 0 spiro atoms. The molecule has 0 aliphatic carbocycles. The van der Waals surface area contributed by atoms with E-state index in [1.165, 1.54) is 24.4 Å². The van der Waals surface area contributed by atoms with Crippen molar-refractivity contribution in [2.45, 2.75) is 12.8 Å². The Morgan fingerprint density at radius 1 is 1.11 bits per heavy atom. The number of alkyl halides is 3. The molecule has 0 radical (unpaired) electrons.